The number of thioether (sulfide) groups is 2. The summed E-state index contributed by atoms with van der Waals surface area (Å²) in [6, 6.07) is 19.3. The highest BCUT2D eigenvalue weighted by Gasteiger charge is 2.22. The van der Waals surface area contributed by atoms with Gasteiger partial charge in [0.05, 0.1) is 0 Å². The minimum atomic E-state index is -0.276. The van der Waals surface area contributed by atoms with Crippen molar-refractivity contribution >= 4 is 40.1 Å². The fraction of sp³-hybridized carbons (Fsp3) is 0.409. The SMILES string of the molecule is CC(C)(N)c1ccc(SC2CCN(C(=S)SCc3ccccc3)CC2)cc1. The van der Waals surface area contributed by atoms with Crippen molar-refractivity contribution in [1.82, 2.24) is 4.90 Å². The van der Waals surface area contributed by atoms with Gasteiger partial charge in [0.25, 0.3) is 0 Å². The molecule has 0 spiro atoms. The third-order valence-electron chi connectivity index (χ3n) is 4.81. The van der Waals surface area contributed by atoms with Gasteiger partial charge in [-0.15, -0.1) is 11.8 Å². The fourth-order valence-electron chi connectivity index (χ4n) is 3.12. The maximum atomic E-state index is 6.17. The van der Waals surface area contributed by atoms with Crippen LogP contribution < -0.4 is 5.73 Å². The summed E-state index contributed by atoms with van der Waals surface area (Å²) in [4.78, 5) is 3.71. The molecule has 2 N–H and O–H groups in total. The number of nitrogens with two attached hydrogens (primary N) is 1. The molecule has 3 rings (SSSR count). The third kappa shape index (κ3) is 6.24. The zero-order valence-electron chi connectivity index (χ0n) is 16.1. The minimum absolute atomic E-state index is 0.276. The van der Waals surface area contributed by atoms with Gasteiger partial charge in [0.2, 0.25) is 0 Å². The minimum Gasteiger partial charge on any atom is -0.357 e. The highest BCUT2D eigenvalue weighted by Crippen LogP contribution is 2.32. The van der Waals surface area contributed by atoms with E-state index in [-0.39, 0.29) is 5.54 Å². The predicted octanol–water partition coefficient (Wildman–Crippen LogP) is 5.66. The van der Waals surface area contributed by atoms with Gasteiger partial charge in [-0.1, -0.05) is 66.4 Å². The fourth-order valence-corrected chi connectivity index (χ4v) is 5.45. The number of piperidine rings is 1. The van der Waals surface area contributed by atoms with Crippen molar-refractivity contribution in [3.63, 3.8) is 0 Å². The summed E-state index contributed by atoms with van der Waals surface area (Å²) in [5, 5.41) is 0.667. The maximum Gasteiger partial charge on any atom is 0.136 e. The van der Waals surface area contributed by atoms with Crippen LogP contribution in [0.1, 0.15) is 37.8 Å². The molecule has 2 aromatic rings. The second kappa shape index (κ2) is 9.46. The van der Waals surface area contributed by atoms with Gasteiger partial charge in [-0.25, -0.2) is 0 Å². The summed E-state index contributed by atoms with van der Waals surface area (Å²) >= 11 is 9.43. The van der Waals surface area contributed by atoms with Crippen molar-refractivity contribution in [1.29, 1.82) is 0 Å². The van der Waals surface area contributed by atoms with Crippen LogP contribution in [0.2, 0.25) is 0 Å². The lowest BCUT2D eigenvalue weighted by atomic mass is 9.96. The smallest absolute Gasteiger partial charge is 0.136 e. The van der Waals surface area contributed by atoms with E-state index in [1.54, 1.807) is 11.8 Å². The van der Waals surface area contributed by atoms with Crippen molar-refractivity contribution < 1.29 is 0 Å². The molecule has 1 aliphatic heterocycles. The zero-order chi connectivity index (χ0) is 19.3. The van der Waals surface area contributed by atoms with Crippen molar-refractivity contribution in [2.75, 3.05) is 13.1 Å². The van der Waals surface area contributed by atoms with Gasteiger partial charge in [0.1, 0.15) is 4.32 Å². The molecule has 144 valence electrons. The second-order valence-corrected chi connectivity index (χ2v) is 10.6. The zero-order valence-corrected chi connectivity index (χ0v) is 18.5. The average molecular weight is 417 g/mol. The van der Waals surface area contributed by atoms with Crippen LogP contribution in [0, 0.1) is 0 Å². The van der Waals surface area contributed by atoms with Crippen LogP contribution in [0.5, 0.6) is 0 Å². The molecule has 1 heterocycles. The lowest BCUT2D eigenvalue weighted by Gasteiger charge is -2.33. The molecule has 0 aliphatic carbocycles. The van der Waals surface area contributed by atoms with Gasteiger partial charge in [0.15, 0.2) is 0 Å². The summed E-state index contributed by atoms with van der Waals surface area (Å²) in [5.41, 5.74) is 8.41. The van der Waals surface area contributed by atoms with Gasteiger partial charge in [-0.2, -0.15) is 0 Å². The van der Waals surface area contributed by atoms with Crippen LogP contribution in [-0.2, 0) is 11.3 Å². The normalized spacial score (nSPS) is 15.7. The standard InChI is InChI=1S/C22H28N2S3/c1-22(2,23)18-8-10-19(11-9-18)27-20-12-14-24(15-13-20)21(25)26-16-17-6-4-3-5-7-17/h3-11,20H,12-16,23H2,1-2H3. The third-order valence-corrected chi connectivity index (χ3v) is 7.75. The van der Waals surface area contributed by atoms with Crippen LogP contribution >= 0.6 is 35.7 Å². The van der Waals surface area contributed by atoms with E-state index in [4.69, 9.17) is 18.0 Å². The summed E-state index contributed by atoms with van der Waals surface area (Å²) in [5.74, 6) is 0.957. The van der Waals surface area contributed by atoms with Gasteiger partial charge in [-0.3, -0.25) is 0 Å². The molecule has 0 unspecified atom stereocenters. The molecule has 1 aliphatic rings. The Balaban J connectivity index is 1.44. The lowest BCUT2D eigenvalue weighted by Crippen LogP contribution is -2.37. The first-order valence-electron chi connectivity index (χ1n) is 9.43. The Morgan fingerprint density at radius 3 is 2.30 bits per heavy atom. The van der Waals surface area contributed by atoms with E-state index in [1.165, 1.54) is 28.9 Å². The first-order chi connectivity index (χ1) is 12.9. The van der Waals surface area contributed by atoms with Crippen LogP contribution in [0.3, 0.4) is 0 Å². The van der Waals surface area contributed by atoms with E-state index >= 15 is 0 Å². The van der Waals surface area contributed by atoms with Crippen LogP contribution in [-0.4, -0.2) is 27.6 Å². The molecule has 0 aromatic heterocycles. The molecular formula is C22H28N2S3. The van der Waals surface area contributed by atoms with Gasteiger partial charge in [-0.05, 0) is 49.9 Å². The number of benzene rings is 2. The topological polar surface area (TPSA) is 29.3 Å². The largest absolute Gasteiger partial charge is 0.357 e. The molecule has 27 heavy (non-hydrogen) atoms. The van der Waals surface area contributed by atoms with E-state index in [9.17, 15) is 0 Å². The number of likely N-dealkylation sites (tertiary alicyclic amines) is 1. The molecule has 0 atom stereocenters. The van der Waals surface area contributed by atoms with E-state index in [2.05, 4.69) is 59.5 Å². The Kier molecular flexibility index (Phi) is 7.26. The van der Waals surface area contributed by atoms with Crippen molar-refractivity contribution in [2.45, 2.75) is 48.1 Å². The van der Waals surface area contributed by atoms with E-state index in [0.717, 1.165) is 23.2 Å². The van der Waals surface area contributed by atoms with Gasteiger partial charge < -0.3 is 10.6 Å². The van der Waals surface area contributed by atoms with Crippen LogP contribution in [0.4, 0.5) is 0 Å². The monoisotopic (exact) mass is 416 g/mol. The molecule has 1 fully saturated rings. The van der Waals surface area contributed by atoms with E-state index in [1.807, 2.05) is 25.6 Å². The Bertz CT molecular complexity index is 730. The Labute approximate surface area is 177 Å². The molecule has 5 heteroatoms. The number of nitrogens with zero attached hydrogens (tertiary/aromatic N) is 1. The molecule has 1 saturated heterocycles. The molecule has 0 amide bonds. The number of rotatable bonds is 5. The van der Waals surface area contributed by atoms with Crippen molar-refractivity contribution in [2.24, 2.45) is 5.73 Å². The number of hydrogen-bond acceptors (Lipinski definition) is 4. The van der Waals surface area contributed by atoms with Crippen LogP contribution in [0.25, 0.3) is 0 Å². The van der Waals surface area contributed by atoms with Crippen molar-refractivity contribution in [3.8, 4) is 0 Å². The van der Waals surface area contributed by atoms with Crippen molar-refractivity contribution in [3.05, 3.63) is 65.7 Å². The summed E-state index contributed by atoms with van der Waals surface area (Å²) in [7, 11) is 0. The van der Waals surface area contributed by atoms with E-state index in [0.29, 0.717) is 5.25 Å². The average Bonchev–Trinajstić information content (AvgIpc) is 2.67. The van der Waals surface area contributed by atoms with Crippen LogP contribution in [0.15, 0.2) is 59.5 Å². The molecule has 2 aromatic carbocycles. The quantitative estimate of drug-likeness (QED) is 0.636. The molecule has 0 bridgehead atoms. The highest BCUT2D eigenvalue weighted by molar-refractivity contribution is 8.22. The predicted molar refractivity (Wildman–Crippen MR) is 124 cm³/mol. The van der Waals surface area contributed by atoms with E-state index < -0.39 is 0 Å². The summed E-state index contributed by atoms with van der Waals surface area (Å²) < 4.78 is 1.04. The second-order valence-electron chi connectivity index (χ2n) is 7.59. The Hall–Kier alpha value is -1.01. The summed E-state index contributed by atoms with van der Waals surface area (Å²) in [6.07, 6.45) is 2.36. The Morgan fingerprint density at radius 2 is 1.70 bits per heavy atom. The van der Waals surface area contributed by atoms with Gasteiger partial charge in [0, 0.05) is 34.5 Å². The number of hydrogen-bond donors (Lipinski definition) is 1. The molecule has 0 saturated carbocycles. The number of thiocarbonyl (C=S) groups is 1. The molecule has 0 radical (unpaired) electrons. The Morgan fingerprint density at radius 1 is 1.07 bits per heavy atom. The summed E-state index contributed by atoms with van der Waals surface area (Å²) in [6.45, 7) is 6.21. The lowest BCUT2D eigenvalue weighted by molar-refractivity contribution is 0.359. The maximum absolute atomic E-state index is 6.17. The first-order valence-corrected chi connectivity index (χ1v) is 11.7. The molecule has 2 nitrogen and oxygen atoms in total. The highest BCUT2D eigenvalue weighted by atomic mass is 32.2. The van der Waals surface area contributed by atoms with Gasteiger partial charge >= 0.3 is 0 Å². The molecular weight excluding hydrogens is 388 g/mol. The first kappa shape index (κ1) is 20.7.